The van der Waals surface area contributed by atoms with E-state index in [4.69, 9.17) is 23.2 Å². The largest absolute Gasteiger partial charge is 0.324 e. The summed E-state index contributed by atoms with van der Waals surface area (Å²) in [6.07, 6.45) is 0.949. The molecule has 0 saturated heterocycles. The third kappa shape index (κ3) is 2.14. The van der Waals surface area contributed by atoms with Crippen molar-refractivity contribution in [3.63, 3.8) is 0 Å². The summed E-state index contributed by atoms with van der Waals surface area (Å²) in [5.74, 6) is 0.602. The smallest absolute Gasteiger partial charge is 0.144 e. The van der Waals surface area contributed by atoms with Gasteiger partial charge in [-0.05, 0) is 19.4 Å². The molecular weight excluding hydrogens is 262 g/mol. The van der Waals surface area contributed by atoms with Crippen molar-refractivity contribution in [3.8, 4) is 0 Å². The van der Waals surface area contributed by atoms with Crippen LogP contribution in [0.1, 0.15) is 32.1 Å². The molecule has 1 heterocycles. The summed E-state index contributed by atoms with van der Waals surface area (Å²) in [7, 11) is 0. The van der Waals surface area contributed by atoms with Crippen LogP contribution in [0, 0.1) is 5.82 Å². The molecule has 2 rings (SSSR count). The number of halogens is 3. The molecule has 0 aliphatic heterocycles. The van der Waals surface area contributed by atoms with Gasteiger partial charge in [0.2, 0.25) is 0 Å². The summed E-state index contributed by atoms with van der Waals surface area (Å²) in [6.45, 7) is 4.16. The summed E-state index contributed by atoms with van der Waals surface area (Å²) in [4.78, 5) is 4.33. The van der Waals surface area contributed by atoms with Gasteiger partial charge in [0.05, 0.1) is 21.9 Å². The first kappa shape index (κ1) is 12.7. The molecule has 0 spiro atoms. The van der Waals surface area contributed by atoms with Crippen molar-refractivity contribution in [3.05, 3.63) is 28.8 Å². The maximum Gasteiger partial charge on any atom is 0.144 e. The van der Waals surface area contributed by atoms with Gasteiger partial charge in [-0.3, -0.25) is 0 Å². The highest BCUT2D eigenvalue weighted by molar-refractivity contribution is 6.31. The topological polar surface area (TPSA) is 17.8 Å². The maximum atomic E-state index is 13.4. The first-order chi connectivity index (χ1) is 8.08. The summed E-state index contributed by atoms with van der Waals surface area (Å²) in [5.41, 5.74) is 1.43. The zero-order valence-electron chi connectivity index (χ0n) is 9.67. The number of fused-ring (bicyclic) bond motifs is 1. The average Bonchev–Trinajstić information content (AvgIpc) is 2.66. The second kappa shape index (κ2) is 4.83. The first-order valence-corrected chi connectivity index (χ1v) is 6.41. The molecule has 0 fully saturated rings. The number of aromatic nitrogens is 2. The van der Waals surface area contributed by atoms with Crippen molar-refractivity contribution >= 4 is 34.2 Å². The molecule has 0 N–H and O–H groups in total. The SMILES string of the molecule is CCC(C)n1c(CCl)nc2cc(F)c(Cl)cc21. The molecule has 0 radical (unpaired) electrons. The van der Waals surface area contributed by atoms with Gasteiger partial charge in [-0.15, -0.1) is 11.6 Å². The Morgan fingerprint density at radius 1 is 1.47 bits per heavy atom. The van der Waals surface area contributed by atoms with E-state index in [-0.39, 0.29) is 11.1 Å². The van der Waals surface area contributed by atoms with E-state index in [0.717, 1.165) is 17.8 Å². The molecule has 1 aromatic carbocycles. The Morgan fingerprint density at radius 3 is 2.76 bits per heavy atom. The molecule has 2 aromatic rings. The molecule has 0 amide bonds. The van der Waals surface area contributed by atoms with Crippen LogP contribution in [0.25, 0.3) is 11.0 Å². The monoisotopic (exact) mass is 274 g/mol. The van der Waals surface area contributed by atoms with Crippen molar-refractivity contribution in [2.45, 2.75) is 32.2 Å². The highest BCUT2D eigenvalue weighted by atomic mass is 35.5. The van der Waals surface area contributed by atoms with E-state index in [1.54, 1.807) is 6.07 Å². The van der Waals surface area contributed by atoms with E-state index in [9.17, 15) is 4.39 Å². The summed E-state index contributed by atoms with van der Waals surface area (Å²) in [5, 5.41) is 0.114. The highest BCUT2D eigenvalue weighted by Gasteiger charge is 2.16. The summed E-state index contributed by atoms with van der Waals surface area (Å²) in [6, 6.07) is 3.23. The molecule has 0 aliphatic carbocycles. The molecule has 17 heavy (non-hydrogen) atoms. The van der Waals surface area contributed by atoms with Crippen molar-refractivity contribution in [2.24, 2.45) is 0 Å². The van der Waals surface area contributed by atoms with Crippen molar-refractivity contribution in [1.82, 2.24) is 9.55 Å². The molecule has 2 nitrogen and oxygen atoms in total. The van der Waals surface area contributed by atoms with Gasteiger partial charge in [0, 0.05) is 12.1 Å². The van der Waals surface area contributed by atoms with Crippen molar-refractivity contribution in [1.29, 1.82) is 0 Å². The van der Waals surface area contributed by atoms with Crippen LogP contribution >= 0.6 is 23.2 Å². The van der Waals surface area contributed by atoms with Gasteiger partial charge < -0.3 is 4.57 Å². The molecule has 1 unspecified atom stereocenters. The van der Waals surface area contributed by atoms with Gasteiger partial charge in [-0.2, -0.15) is 0 Å². The van der Waals surface area contributed by atoms with Gasteiger partial charge in [-0.1, -0.05) is 18.5 Å². The minimum absolute atomic E-state index is 0.114. The number of nitrogens with zero attached hydrogens (tertiary/aromatic N) is 2. The lowest BCUT2D eigenvalue weighted by atomic mass is 10.2. The average molecular weight is 275 g/mol. The number of imidazole rings is 1. The van der Waals surface area contributed by atoms with Gasteiger partial charge >= 0.3 is 0 Å². The summed E-state index contributed by atoms with van der Waals surface area (Å²) < 4.78 is 15.4. The summed E-state index contributed by atoms with van der Waals surface area (Å²) >= 11 is 11.7. The lowest BCUT2D eigenvalue weighted by molar-refractivity contribution is 0.530. The fraction of sp³-hybridized carbons (Fsp3) is 0.417. The van der Waals surface area contributed by atoms with Gasteiger partial charge in [-0.25, -0.2) is 9.37 Å². The Hall–Kier alpha value is -0.800. The molecule has 0 aliphatic rings. The van der Waals surface area contributed by atoms with Crippen LogP contribution in [0.3, 0.4) is 0 Å². The Morgan fingerprint density at radius 2 is 2.18 bits per heavy atom. The van der Waals surface area contributed by atoms with E-state index in [2.05, 4.69) is 18.8 Å². The van der Waals surface area contributed by atoms with Crippen LogP contribution in [0.4, 0.5) is 4.39 Å². The Balaban J connectivity index is 2.74. The number of benzene rings is 1. The van der Waals surface area contributed by atoms with Crippen LogP contribution in [-0.4, -0.2) is 9.55 Å². The lowest BCUT2D eigenvalue weighted by Crippen LogP contribution is -2.07. The van der Waals surface area contributed by atoms with E-state index in [1.165, 1.54) is 6.07 Å². The van der Waals surface area contributed by atoms with E-state index in [0.29, 0.717) is 11.4 Å². The van der Waals surface area contributed by atoms with Crippen molar-refractivity contribution in [2.75, 3.05) is 0 Å². The van der Waals surface area contributed by atoms with Crippen LogP contribution in [-0.2, 0) is 5.88 Å². The van der Waals surface area contributed by atoms with Gasteiger partial charge in [0.15, 0.2) is 0 Å². The number of hydrogen-bond donors (Lipinski definition) is 0. The molecule has 0 saturated carbocycles. The lowest BCUT2D eigenvalue weighted by Gasteiger charge is -2.14. The quantitative estimate of drug-likeness (QED) is 0.752. The van der Waals surface area contributed by atoms with Crippen LogP contribution in [0.5, 0.6) is 0 Å². The minimum Gasteiger partial charge on any atom is -0.324 e. The minimum atomic E-state index is -0.450. The van der Waals surface area contributed by atoms with Gasteiger partial charge in [0.25, 0.3) is 0 Å². The molecule has 0 bridgehead atoms. The van der Waals surface area contributed by atoms with E-state index in [1.807, 2.05) is 4.57 Å². The highest BCUT2D eigenvalue weighted by Crippen LogP contribution is 2.28. The normalized spacial score (nSPS) is 13.2. The predicted molar refractivity (Wildman–Crippen MR) is 69.3 cm³/mol. The van der Waals surface area contributed by atoms with Crippen molar-refractivity contribution < 1.29 is 4.39 Å². The van der Waals surface area contributed by atoms with Crippen LogP contribution in [0.2, 0.25) is 5.02 Å². The zero-order valence-corrected chi connectivity index (χ0v) is 11.2. The van der Waals surface area contributed by atoms with Gasteiger partial charge in [0.1, 0.15) is 11.6 Å². The van der Waals surface area contributed by atoms with E-state index >= 15 is 0 Å². The zero-order chi connectivity index (χ0) is 12.6. The molecule has 1 atom stereocenters. The molecular formula is C12H13Cl2FN2. The number of rotatable bonds is 3. The molecule has 1 aromatic heterocycles. The molecule has 92 valence electrons. The second-order valence-electron chi connectivity index (χ2n) is 4.04. The third-order valence-corrected chi connectivity index (χ3v) is 3.48. The van der Waals surface area contributed by atoms with Crippen LogP contribution < -0.4 is 0 Å². The fourth-order valence-corrected chi connectivity index (χ4v) is 2.26. The fourth-order valence-electron chi connectivity index (χ4n) is 1.91. The predicted octanol–water partition coefficient (Wildman–Crippen LogP) is 4.54. The first-order valence-electron chi connectivity index (χ1n) is 5.50. The Bertz CT molecular complexity index is 551. The Kier molecular flexibility index (Phi) is 3.59. The van der Waals surface area contributed by atoms with E-state index < -0.39 is 5.82 Å². The standard InChI is InChI=1S/C12H13Cl2FN2/c1-3-7(2)17-11-4-8(14)9(15)5-10(11)16-12(17)6-13/h4-5,7H,3,6H2,1-2H3. The number of alkyl halides is 1. The third-order valence-electron chi connectivity index (χ3n) is 2.96. The van der Waals surface area contributed by atoms with Crippen LogP contribution in [0.15, 0.2) is 12.1 Å². The number of hydrogen-bond acceptors (Lipinski definition) is 1. The Labute approximate surface area is 109 Å². The molecule has 5 heteroatoms. The maximum absolute atomic E-state index is 13.4. The second-order valence-corrected chi connectivity index (χ2v) is 4.72.